The Balaban J connectivity index is 1.38. The molecule has 0 radical (unpaired) electrons. The number of nitrogens with one attached hydrogen (secondary N) is 2. The van der Waals surface area contributed by atoms with Gasteiger partial charge in [0, 0.05) is 54.9 Å². The second kappa shape index (κ2) is 8.19. The Morgan fingerprint density at radius 1 is 1.09 bits per heavy atom. The number of hydrogen-bond acceptors (Lipinski definition) is 9. The molecule has 11 heteroatoms. The molecule has 10 nitrogen and oxygen atoms in total. The van der Waals surface area contributed by atoms with E-state index >= 15 is 0 Å². The van der Waals surface area contributed by atoms with E-state index < -0.39 is 9.84 Å². The fraction of sp³-hybridized carbons (Fsp3) is 0.333. The van der Waals surface area contributed by atoms with Gasteiger partial charge >= 0.3 is 0 Å². The number of nitrogens with zero attached hydrogens (tertiary/aromatic N) is 4. The van der Waals surface area contributed by atoms with Gasteiger partial charge in [-0.15, -0.1) is 0 Å². The normalized spacial score (nSPS) is 17.6. The number of fused-ring (bicyclic) bond motifs is 2. The fourth-order valence-electron chi connectivity index (χ4n) is 4.35. The maximum Gasteiger partial charge on any atom is 0.229 e. The molecule has 0 unspecified atom stereocenters. The lowest BCUT2D eigenvalue weighted by atomic mass is 10.1. The second-order valence-corrected chi connectivity index (χ2v) is 11.3. The van der Waals surface area contributed by atoms with E-state index in [2.05, 4.69) is 20.6 Å². The molecule has 1 amide bonds. The van der Waals surface area contributed by atoms with Crippen molar-refractivity contribution in [2.45, 2.75) is 12.8 Å². The standard InChI is InChI=1S/C24H24N6O4S/c1-25-22-17-12-26-21(29-23(31)14-2-3-14)11-16(17)18(13-27-22)24-28-19-10-15(4-5-20(19)34-24)30-6-8-35(32,33)9-7-30/h4-5,10-14H,2-3,6-9H2,1H3,(H,25,27)(H,26,29,31). The van der Waals surface area contributed by atoms with Gasteiger partial charge < -0.3 is 20.0 Å². The lowest BCUT2D eigenvalue weighted by Crippen LogP contribution is -2.40. The highest BCUT2D eigenvalue weighted by Gasteiger charge is 2.30. The number of hydrogen-bond donors (Lipinski definition) is 2. The lowest BCUT2D eigenvalue weighted by Gasteiger charge is -2.28. The molecule has 1 saturated heterocycles. The monoisotopic (exact) mass is 492 g/mol. The number of carbonyl (C=O) groups is 1. The van der Waals surface area contributed by atoms with Gasteiger partial charge in [-0.25, -0.2) is 23.4 Å². The van der Waals surface area contributed by atoms with Gasteiger partial charge in [0.1, 0.15) is 17.2 Å². The highest BCUT2D eigenvalue weighted by molar-refractivity contribution is 7.91. The lowest BCUT2D eigenvalue weighted by molar-refractivity contribution is -0.117. The Kier molecular flexibility index (Phi) is 5.10. The third-order valence-electron chi connectivity index (χ3n) is 6.52. The summed E-state index contributed by atoms with van der Waals surface area (Å²) >= 11 is 0. The molecule has 4 aromatic rings. The minimum Gasteiger partial charge on any atom is -0.436 e. The molecule has 2 N–H and O–H groups in total. The Bertz CT molecular complexity index is 1560. The van der Waals surface area contributed by atoms with Crippen molar-refractivity contribution in [3.8, 4) is 11.5 Å². The summed E-state index contributed by atoms with van der Waals surface area (Å²) in [6.45, 7) is 0.919. The number of amides is 1. The molecular formula is C24H24N6O4S. The molecule has 4 heterocycles. The summed E-state index contributed by atoms with van der Waals surface area (Å²) in [5.41, 5.74) is 2.89. The Morgan fingerprint density at radius 2 is 1.89 bits per heavy atom. The molecule has 35 heavy (non-hydrogen) atoms. The first-order valence-electron chi connectivity index (χ1n) is 11.5. The Morgan fingerprint density at radius 3 is 2.63 bits per heavy atom. The highest BCUT2D eigenvalue weighted by atomic mass is 32.2. The maximum atomic E-state index is 12.3. The van der Waals surface area contributed by atoms with Gasteiger partial charge in [0.2, 0.25) is 11.8 Å². The molecule has 0 spiro atoms. The van der Waals surface area contributed by atoms with Gasteiger partial charge in [-0.3, -0.25) is 4.79 Å². The first-order valence-corrected chi connectivity index (χ1v) is 13.4. The number of anilines is 3. The van der Waals surface area contributed by atoms with Crippen molar-refractivity contribution >= 4 is 54.9 Å². The zero-order valence-electron chi connectivity index (χ0n) is 19.1. The van der Waals surface area contributed by atoms with Gasteiger partial charge in [-0.1, -0.05) is 0 Å². The zero-order valence-corrected chi connectivity index (χ0v) is 19.9. The number of rotatable bonds is 5. The molecule has 1 aliphatic heterocycles. The van der Waals surface area contributed by atoms with Crippen LogP contribution in [0.25, 0.3) is 33.3 Å². The minimum absolute atomic E-state index is 0.0128. The molecule has 0 bridgehead atoms. The van der Waals surface area contributed by atoms with Crippen molar-refractivity contribution in [1.29, 1.82) is 0 Å². The van der Waals surface area contributed by atoms with Crippen molar-refractivity contribution in [2.24, 2.45) is 5.92 Å². The molecule has 3 aromatic heterocycles. The van der Waals surface area contributed by atoms with Crippen molar-refractivity contribution in [3.63, 3.8) is 0 Å². The van der Waals surface area contributed by atoms with Crippen molar-refractivity contribution < 1.29 is 17.6 Å². The maximum absolute atomic E-state index is 12.3. The third kappa shape index (κ3) is 4.16. The van der Waals surface area contributed by atoms with Crippen LogP contribution in [0.2, 0.25) is 0 Å². The largest absolute Gasteiger partial charge is 0.436 e. The van der Waals surface area contributed by atoms with Crippen LogP contribution in [0.5, 0.6) is 0 Å². The topological polar surface area (TPSA) is 130 Å². The van der Waals surface area contributed by atoms with Crippen LogP contribution >= 0.6 is 0 Å². The SMILES string of the molecule is CNc1ncc(-c2nc3cc(N4CCS(=O)(=O)CC4)ccc3o2)c2cc(NC(=O)C3CC3)ncc12. The molecule has 6 rings (SSSR count). The van der Waals surface area contributed by atoms with Gasteiger partial charge in [0.25, 0.3) is 0 Å². The van der Waals surface area contributed by atoms with Crippen LogP contribution in [0.1, 0.15) is 12.8 Å². The molecular weight excluding hydrogens is 468 g/mol. The number of aromatic nitrogens is 3. The first kappa shape index (κ1) is 21.8. The van der Waals surface area contributed by atoms with Gasteiger partial charge in [0.05, 0.1) is 17.1 Å². The predicted octanol–water partition coefficient (Wildman–Crippen LogP) is 3.06. The molecule has 2 fully saturated rings. The number of oxazole rings is 1. The van der Waals surface area contributed by atoms with E-state index in [9.17, 15) is 13.2 Å². The summed E-state index contributed by atoms with van der Waals surface area (Å²) in [6, 6.07) is 7.51. The molecule has 2 aliphatic rings. The summed E-state index contributed by atoms with van der Waals surface area (Å²) in [4.78, 5) is 27.9. The second-order valence-electron chi connectivity index (χ2n) is 8.96. The first-order chi connectivity index (χ1) is 16.9. The molecule has 1 saturated carbocycles. The van der Waals surface area contributed by atoms with Crippen molar-refractivity contribution in [3.05, 3.63) is 36.7 Å². The summed E-state index contributed by atoms with van der Waals surface area (Å²) in [6.07, 6.45) is 5.21. The van der Waals surface area contributed by atoms with Crippen LogP contribution in [0.4, 0.5) is 17.3 Å². The Labute approximate surface area is 201 Å². The minimum atomic E-state index is -2.96. The molecule has 0 atom stereocenters. The van der Waals surface area contributed by atoms with E-state index in [4.69, 9.17) is 9.40 Å². The van der Waals surface area contributed by atoms with Gasteiger partial charge in [-0.2, -0.15) is 0 Å². The van der Waals surface area contributed by atoms with E-state index in [1.54, 1.807) is 19.4 Å². The van der Waals surface area contributed by atoms with Crippen LogP contribution < -0.4 is 15.5 Å². The molecule has 180 valence electrons. The summed E-state index contributed by atoms with van der Waals surface area (Å²) in [5, 5.41) is 7.56. The smallest absolute Gasteiger partial charge is 0.229 e. The fourth-order valence-corrected chi connectivity index (χ4v) is 5.55. The van der Waals surface area contributed by atoms with E-state index in [0.717, 1.165) is 29.3 Å². The van der Waals surface area contributed by atoms with Crippen LogP contribution in [-0.4, -0.2) is 60.9 Å². The summed E-state index contributed by atoms with van der Waals surface area (Å²) in [5.74, 6) is 1.90. The molecule has 1 aliphatic carbocycles. The average molecular weight is 493 g/mol. The van der Waals surface area contributed by atoms with Crippen LogP contribution in [-0.2, 0) is 14.6 Å². The quantitative estimate of drug-likeness (QED) is 0.431. The number of carbonyl (C=O) groups excluding carboxylic acids is 1. The van der Waals surface area contributed by atoms with Gasteiger partial charge in [-0.05, 0) is 37.1 Å². The van der Waals surface area contributed by atoms with E-state index in [-0.39, 0.29) is 23.3 Å². The third-order valence-corrected chi connectivity index (χ3v) is 8.13. The molecule has 1 aromatic carbocycles. The van der Waals surface area contributed by atoms with Crippen molar-refractivity contribution in [1.82, 2.24) is 15.0 Å². The highest BCUT2D eigenvalue weighted by Crippen LogP contribution is 2.35. The average Bonchev–Trinajstić information content (AvgIpc) is 3.62. The zero-order chi connectivity index (χ0) is 24.2. The van der Waals surface area contributed by atoms with Crippen LogP contribution in [0.15, 0.2) is 41.1 Å². The number of pyridine rings is 2. The summed E-state index contributed by atoms with van der Waals surface area (Å²) in [7, 11) is -1.17. The number of sulfone groups is 1. The van der Waals surface area contributed by atoms with E-state index in [0.29, 0.717) is 47.3 Å². The van der Waals surface area contributed by atoms with Crippen LogP contribution in [0, 0.1) is 5.92 Å². The van der Waals surface area contributed by atoms with Crippen LogP contribution in [0.3, 0.4) is 0 Å². The van der Waals surface area contributed by atoms with E-state index in [1.807, 2.05) is 29.2 Å². The summed E-state index contributed by atoms with van der Waals surface area (Å²) < 4.78 is 29.6. The van der Waals surface area contributed by atoms with Gasteiger partial charge in [0.15, 0.2) is 15.4 Å². The predicted molar refractivity (Wildman–Crippen MR) is 134 cm³/mol. The number of benzene rings is 1. The van der Waals surface area contributed by atoms with Crippen molar-refractivity contribution in [2.75, 3.05) is 47.2 Å². The van der Waals surface area contributed by atoms with E-state index in [1.165, 1.54) is 0 Å². The Hall–Kier alpha value is -3.73.